The van der Waals surface area contributed by atoms with E-state index < -0.39 is 14.5 Å². The van der Waals surface area contributed by atoms with Crippen LogP contribution in [0, 0.1) is 0 Å². The number of rotatable bonds is 9. The Kier molecular flexibility index (Phi) is 9.22. The van der Waals surface area contributed by atoms with E-state index in [2.05, 4.69) is 27.7 Å². The van der Waals surface area contributed by atoms with Crippen molar-refractivity contribution in [3.8, 4) is 0 Å². The van der Waals surface area contributed by atoms with Crippen molar-refractivity contribution in [1.82, 2.24) is 0 Å². The molecule has 3 nitrogen and oxygen atoms in total. The maximum Gasteiger partial charge on any atom is 0.494 e. The Labute approximate surface area is 107 Å². The summed E-state index contributed by atoms with van der Waals surface area (Å²) in [4.78, 5) is 11.6. The van der Waals surface area contributed by atoms with E-state index in [1.54, 1.807) is 0 Å². The van der Waals surface area contributed by atoms with Gasteiger partial charge >= 0.3 is 6.16 Å². The molecule has 0 unspecified atom stereocenters. The van der Waals surface area contributed by atoms with E-state index >= 15 is 0 Å². The fourth-order valence-electron chi connectivity index (χ4n) is 1.86. The first-order chi connectivity index (χ1) is 8.14. The van der Waals surface area contributed by atoms with Gasteiger partial charge in [0.15, 0.2) is 0 Å². The first-order valence-electron chi connectivity index (χ1n) is 6.99. The van der Waals surface area contributed by atoms with E-state index in [0.29, 0.717) is 6.61 Å². The highest BCUT2D eigenvalue weighted by molar-refractivity contribution is 6.74. The molecule has 4 heteroatoms. The molecular weight excluding hydrogens is 232 g/mol. The van der Waals surface area contributed by atoms with E-state index in [1.807, 2.05) is 0 Å². The minimum absolute atomic E-state index is 0.446. The smallest absolute Gasteiger partial charge is 0.489 e. The summed E-state index contributed by atoms with van der Waals surface area (Å²) in [5.74, 6) is 0. The van der Waals surface area contributed by atoms with Gasteiger partial charge in [0, 0.05) is 0 Å². The molecule has 0 aliphatic carbocycles. The summed E-state index contributed by atoms with van der Waals surface area (Å²) in [6, 6.07) is 2.93. The number of unbranched alkanes of at least 4 members (excludes halogenated alkanes) is 3. The Morgan fingerprint density at radius 2 is 1.53 bits per heavy atom. The third kappa shape index (κ3) is 6.71. The molecule has 0 aromatic rings. The maximum atomic E-state index is 11.6. The molecule has 102 valence electrons. The van der Waals surface area contributed by atoms with Gasteiger partial charge in [-0.25, -0.2) is 4.79 Å². The molecule has 0 saturated carbocycles. The molecule has 0 saturated heterocycles. The van der Waals surface area contributed by atoms with Crippen LogP contribution in [-0.2, 0) is 9.16 Å². The highest BCUT2D eigenvalue weighted by Crippen LogP contribution is 2.22. The molecular formula is C13H28O3Si. The lowest BCUT2D eigenvalue weighted by atomic mass is 10.2. The molecule has 0 aromatic heterocycles. The van der Waals surface area contributed by atoms with Crippen LogP contribution in [0.2, 0.25) is 18.1 Å². The average molecular weight is 260 g/mol. The van der Waals surface area contributed by atoms with Gasteiger partial charge in [-0.15, -0.1) is 0 Å². The van der Waals surface area contributed by atoms with Gasteiger partial charge in [0.25, 0.3) is 8.32 Å². The van der Waals surface area contributed by atoms with Crippen LogP contribution >= 0.6 is 0 Å². The molecule has 0 aliphatic rings. The normalized spacial score (nSPS) is 11.3. The number of carbonyl (C=O) groups excluding carboxylic acids is 1. The fourth-order valence-corrected chi connectivity index (χ4v) is 4.20. The highest BCUT2D eigenvalue weighted by atomic mass is 28.4. The number of carbonyl (C=O) groups is 1. The van der Waals surface area contributed by atoms with Gasteiger partial charge < -0.3 is 9.16 Å². The monoisotopic (exact) mass is 260 g/mol. The van der Waals surface area contributed by atoms with E-state index in [9.17, 15) is 4.79 Å². The van der Waals surface area contributed by atoms with Crippen LogP contribution in [0.25, 0.3) is 0 Å². The Balaban J connectivity index is 3.83. The predicted molar refractivity (Wildman–Crippen MR) is 73.8 cm³/mol. The first kappa shape index (κ1) is 16.5. The lowest BCUT2D eigenvalue weighted by Crippen LogP contribution is -2.38. The minimum Gasteiger partial charge on any atom is -0.489 e. The van der Waals surface area contributed by atoms with Gasteiger partial charge in [-0.2, -0.15) is 0 Å². The van der Waals surface area contributed by atoms with Crippen LogP contribution in [0.5, 0.6) is 0 Å². The van der Waals surface area contributed by atoms with Gasteiger partial charge in [-0.3, -0.25) is 0 Å². The fraction of sp³-hybridized carbons (Fsp3) is 0.923. The second kappa shape index (κ2) is 9.51. The van der Waals surface area contributed by atoms with Crippen LogP contribution in [0.4, 0.5) is 4.79 Å². The van der Waals surface area contributed by atoms with Crippen LogP contribution < -0.4 is 0 Å². The zero-order chi connectivity index (χ0) is 13.1. The van der Waals surface area contributed by atoms with E-state index in [4.69, 9.17) is 9.16 Å². The van der Waals surface area contributed by atoms with Gasteiger partial charge in [-0.1, -0.05) is 47.0 Å². The van der Waals surface area contributed by atoms with Crippen molar-refractivity contribution >= 4 is 14.5 Å². The van der Waals surface area contributed by atoms with E-state index in [1.165, 1.54) is 12.8 Å². The quantitative estimate of drug-likeness (QED) is 0.342. The van der Waals surface area contributed by atoms with Crippen molar-refractivity contribution in [3.05, 3.63) is 0 Å². The van der Waals surface area contributed by atoms with Crippen molar-refractivity contribution in [2.24, 2.45) is 0 Å². The third-order valence-electron chi connectivity index (χ3n) is 3.45. The highest BCUT2D eigenvalue weighted by Gasteiger charge is 2.33. The zero-order valence-corrected chi connectivity index (χ0v) is 12.9. The van der Waals surface area contributed by atoms with Crippen LogP contribution in [0.15, 0.2) is 0 Å². The number of hydrogen-bond donors (Lipinski definition) is 0. The van der Waals surface area contributed by atoms with Crippen molar-refractivity contribution in [2.75, 3.05) is 6.61 Å². The molecule has 0 fully saturated rings. The van der Waals surface area contributed by atoms with Crippen molar-refractivity contribution in [1.29, 1.82) is 0 Å². The molecule has 0 heterocycles. The number of ether oxygens (including phenoxy) is 1. The molecule has 0 aromatic carbocycles. The predicted octanol–water partition coefficient (Wildman–Crippen LogP) is 4.73. The molecule has 17 heavy (non-hydrogen) atoms. The molecule has 0 atom stereocenters. The molecule has 0 aliphatic heterocycles. The summed E-state index contributed by atoms with van der Waals surface area (Å²) < 4.78 is 10.7. The minimum atomic E-state index is -1.83. The standard InChI is InChI=1S/C13H28O3Si/c1-5-9-10-11-12-15-13(14)16-17(6-2,7-3)8-4/h5-12H2,1-4H3. The van der Waals surface area contributed by atoms with Crippen LogP contribution in [0.3, 0.4) is 0 Å². The molecule has 0 radical (unpaired) electrons. The second-order valence-electron chi connectivity index (χ2n) is 4.50. The van der Waals surface area contributed by atoms with E-state index in [-0.39, 0.29) is 0 Å². The third-order valence-corrected chi connectivity index (χ3v) is 7.92. The Morgan fingerprint density at radius 3 is 2.00 bits per heavy atom. The first-order valence-corrected chi connectivity index (χ1v) is 9.52. The topological polar surface area (TPSA) is 35.5 Å². The largest absolute Gasteiger partial charge is 0.494 e. The molecule has 0 rings (SSSR count). The summed E-state index contributed by atoms with van der Waals surface area (Å²) >= 11 is 0. The second-order valence-corrected chi connectivity index (χ2v) is 9.20. The van der Waals surface area contributed by atoms with Gasteiger partial charge in [-0.05, 0) is 24.6 Å². The van der Waals surface area contributed by atoms with Crippen molar-refractivity contribution in [2.45, 2.75) is 71.5 Å². The lowest BCUT2D eigenvalue weighted by molar-refractivity contribution is 0.0938. The Morgan fingerprint density at radius 1 is 0.941 bits per heavy atom. The maximum absolute atomic E-state index is 11.6. The van der Waals surface area contributed by atoms with Gasteiger partial charge in [0.05, 0.1) is 6.61 Å². The molecule has 0 bridgehead atoms. The van der Waals surface area contributed by atoms with Gasteiger partial charge in [0.1, 0.15) is 0 Å². The zero-order valence-electron chi connectivity index (χ0n) is 11.9. The number of hydrogen-bond acceptors (Lipinski definition) is 3. The van der Waals surface area contributed by atoms with Crippen molar-refractivity contribution < 1.29 is 14.0 Å². The summed E-state index contributed by atoms with van der Waals surface area (Å²) in [6.45, 7) is 8.98. The summed E-state index contributed by atoms with van der Waals surface area (Å²) in [5, 5.41) is 0. The summed E-state index contributed by atoms with van der Waals surface area (Å²) in [5.41, 5.74) is 0. The van der Waals surface area contributed by atoms with E-state index in [0.717, 1.165) is 31.0 Å². The Bertz CT molecular complexity index is 195. The summed E-state index contributed by atoms with van der Waals surface area (Å²) in [6.07, 6.45) is 4.03. The molecule has 0 N–H and O–H groups in total. The molecule has 0 spiro atoms. The van der Waals surface area contributed by atoms with Crippen LogP contribution in [-0.4, -0.2) is 21.1 Å². The summed E-state index contributed by atoms with van der Waals surface area (Å²) in [7, 11) is -1.83. The average Bonchev–Trinajstić information content (AvgIpc) is 2.36. The lowest BCUT2D eigenvalue weighted by Gasteiger charge is -2.26. The SMILES string of the molecule is CCCCCCOC(=O)O[Si](CC)(CC)CC. The van der Waals surface area contributed by atoms with Gasteiger partial charge in [0.2, 0.25) is 0 Å². The molecule has 0 amide bonds. The van der Waals surface area contributed by atoms with Crippen LogP contribution in [0.1, 0.15) is 53.4 Å². The Hall–Kier alpha value is -0.513. The van der Waals surface area contributed by atoms with Crippen molar-refractivity contribution in [3.63, 3.8) is 0 Å².